The third-order valence-corrected chi connectivity index (χ3v) is 16.8. The van der Waals surface area contributed by atoms with Gasteiger partial charge in [-0.15, -0.1) is 29.3 Å². The van der Waals surface area contributed by atoms with E-state index >= 15 is 0 Å². The zero-order valence-electron chi connectivity index (χ0n) is 31.8. The second-order valence-electron chi connectivity index (χ2n) is 13.5. The molecule has 0 bridgehead atoms. The molecule has 0 aliphatic carbocycles. The second kappa shape index (κ2) is 21.2. The van der Waals surface area contributed by atoms with Crippen molar-refractivity contribution in [3.05, 3.63) is 230 Å². The summed E-state index contributed by atoms with van der Waals surface area (Å²) >= 11 is 0. The Bertz CT molecular complexity index is 2800. The van der Waals surface area contributed by atoms with Gasteiger partial charge in [-0.1, -0.05) is 121 Å². The number of hydrogen-bond acceptors (Lipinski definition) is 2. The van der Waals surface area contributed by atoms with E-state index in [2.05, 4.69) is 133 Å². The van der Waals surface area contributed by atoms with E-state index in [0.717, 1.165) is 55.0 Å². The van der Waals surface area contributed by atoms with Crippen LogP contribution >= 0.6 is 15.8 Å². The van der Waals surface area contributed by atoms with Crippen LogP contribution in [0.4, 0.5) is 0 Å². The van der Waals surface area contributed by atoms with E-state index < -0.39 is 15.8 Å². The van der Waals surface area contributed by atoms with Crippen LogP contribution in [0.5, 0.6) is 0 Å². The van der Waals surface area contributed by atoms with Crippen molar-refractivity contribution in [2.45, 2.75) is 0 Å². The van der Waals surface area contributed by atoms with Crippen LogP contribution in [0.2, 0.25) is 0 Å². The van der Waals surface area contributed by atoms with E-state index in [1.54, 1.807) is 0 Å². The zero-order chi connectivity index (χ0) is 38.8. The summed E-state index contributed by atoms with van der Waals surface area (Å²) in [6.45, 7) is 0. The SMILES string of the molecule is [Ag+].[Ag+].[C-]#Cc1ccc2c(c1)oc1ccccc12.[C-]#Cc1ccc2oc3ccccc3c2c1.c1ccc([PH+](C[PH+](c2ccccc2)c2ccccc2)c2ccccc2)cc1. The summed E-state index contributed by atoms with van der Waals surface area (Å²) < 4.78 is 11.3. The number of furan rings is 2. The van der Waals surface area contributed by atoms with Gasteiger partial charge in [-0.3, -0.25) is 11.8 Å². The summed E-state index contributed by atoms with van der Waals surface area (Å²) in [7, 11) is -1.69. The Kier molecular flexibility index (Phi) is 15.6. The van der Waals surface area contributed by atoms with Crippen molar-refractivity contribution in [1.82, 2.24) is 0 Å². The molecule has 10 aromatic rings. The fourth-order valence-corrected chi connectivity index (χ4v) is 14.8. The second-order valence-corrected chi connectivity index (χ2v) is 19.1. The molecule has 0 saturated heterocycles. The van der Waals surface area contributed by atoms with E-state index in [9.17, 15) is 0 Å². The first kappa shape index (κ1) is 43.4. The number of para-hydroxylation sites is 2. The molecule has 0 unspecified atom stereocenters. The molecule has 0 atom stereocenters. The summed E-state index contributed by atoms with van der Waals surface area (Å²) in [5, 5.41) is 10.3. The molecule has 0 amide bonds. The third-order valence-electron chi connectivity index (χ3n) is 9.89. The Labute approximate surface area is 379 Å². The molecule has 0 radical (unpaired) electrons. The van der Waals surface area contributed by atoms with E-state index in [1.165, 1.54) is 27.1 Å². The molecule has 0 aliphatic rings. The maximum Gasteiger partial charge on any atom is 1.00 e. The summed E-state index contributed by atoms with van der Waals surface area (Å²) in [6.07, 6.45) is 14.2. The van der Waals surface area contributed by atoms with Gasteiger partial charge in [0, 0.05) is 21.5 Å². The average molecular weight is 985 g/mol. The topological polar surface area (TPSA) is 26.3 Å². The van der Waals surface area contributed by atoms with Crippen LogP contribution in [0.3, 0.4) is 0 Å². The van der Waals surface area contributed by atoms with Crippen LogP contribution in [0.1, 0.15) is 11.1 Å². The van der Waals surface area contributed by atoms with Crippen LogP contribution < -0.4 is 21.2 Å². The van der Waals surface area contributed by atoms with Gasteiger partial charge in [-0.25, -0.2) is 0 Å². The molecule has 0 spiro atoms. The molecular weight excluding hydrogens is 946 g/mol. The predicted molar refractivity (Wildman–Crippen MR) is 246 cm³/mol. The van der Waals surface area contributed by atoms with Crippen molar-refractivity contribution in [3.63, 3.8) is 0 Å². The van der Waals surface area contributed by atoms with Crippen molar-refractivity contribution in [2.75, 3.05) is 5.90 Å². The van der Waals surface area contributed by atoms with Crippen LogP contribution in [0.15, 0.2) is 215 Å². The Morgan fingerprint density at radius 2 is 0.678 bits per heavy atom. The summed E-state index contributed by atoms with van der Waals surface area (Å²) in [4.78, 5) is 0. The van der Waals surface area contributed by atoms with Crippen LogP contribution in [-0.2, 0) is 44.8 Å². The van der Waals surface area contributed by atoms with Gasteiger partial charge in [-0.05, 0) is 66.7 Å². The smallest absolute Gasteiger partial charge is 0.458 e. The average Bonchev–Trinajstić information content (AvgIpc) is 3.86. The van der Waals surface area contributed by atoms with Gasteiger partial charge in [0.1, 0.15) is 59.4 Å². The number of hydrogen-bond donors (Lipinski definition) is 0. The van der Waals surface area contributed by atoms with Gasteiger partial charge in [0.05, 0.1) is 0 Å². The van der Waals surface area contributed by atoms with E-state index in [-0.39, 0.29) is 44.8 Å². The molecule has 2 nitrogen and oxygen atoms in total. The Balaban J connectivity index is 0.000000156. The summed E-state index contributed by atoms with van der Waals surface area (Å²) in [5.41, 5.74) is 4.95. The molecule has 0 saturated carbocycles. The fraction of sp³-hybridized carbons (Fsp3) is 0.0189. The van der Waals surface area contributed by atoms with E-state index in [0.29, 0.717) is 0 Å². The maximum absolute atomic E-state index is 7.10. The molecule has 59 heavy (non-hydrogen) atoms. The standard InChI is InChI=1S/C25H22P2.2C14H7O.2Ag/c1-5-13-22(14-6-1)26(23-15-7-2-8-16-23)21-27(24-17-9-3-10-18-24)25-19-11-4-12-20-25;1-2-10-7-8-14-12(9-10)11-5-3-4-6-13(11)15-14;1-2-10-7-8-12-11-5-3-4-6-13(11)15-14(12)9-10;;/h1-20H,21H2;2*3-9H;;/q;2*-1;2*+1/p+2. The number of rotatable bonds is 6. The fourth-order valence-electron chi connectivity index (χ4n) is 7.08. The van der Waals surface area contributed by atoms with Crippen molar-refractivity contribution in [2.24, 2.45) is 0 Å². The van der Waals surface area contributed by atoms with Gasteiger partial charge in [0.15, 0.2) is 5.90 Å². The molecule has 292 valence electrons. The van der Waals surface area contributed by atoms with Crippen LogP contribution in [0, 0.1) is 24.7 Å². The van der Waals surface area contributed by atoms with Crippen molar-refractivity contribution in [3.8, 4) is 11.8 Å². The van der Waals surface area contributed by atoms with Crippen LogP contribution in [0.25, 0.3) is 43.9 Å². The van der Waals surface area contributed by atoms with Gasteiger partial charge in [0.25, 0.3) is 0 Å². The van der Waals surface area contributed by atoms with E-state index in [1.807, 2.05) is 84.9 Å². The first-order valence-electron chi connectivity index (χ1n) is 18.8. The molecule has 2 heterocycles. The first-order chi connectivity index (χ1) is 28.2. The quantitative estimate of drug-likeness (QED) is 0.0718. The Hall–Kier alpha value is -5.18. The van der Waals surface area contributed by atoms with Gasteiger partial charge < -0.3 is 21.7 Å². The zero-order valence-corrected chi connectivity index (χ0v) is 36.7. The summed E-state index contributed by atoms with van der Waals surface area (Å²) in [6, 6.07) is 71.6. The Morgan fingerprint density at radius 3 is 1.14 bits per heavy atom. The first-order valence-corrected chi connectivity index (χ1v) is 22.2. The van der Waals surface area contributed by atoms with Gasteiger partial charge >= 0.3 is 44.8 Å². The molecule has 6 heteroatoms. The minimum absolute atomic E-state index is 0. The van der Waals surface area contributed by atoms with Crippen molar-refractivity contribution < 1.29 is 53.6 Å². The molecule has 0 N–H and O–H groups in total. The monoisotopic (exact) mass is 982 g/mol. The predicted octanol–water partition coefficient (Wildman–Crippen LogP) is 11.7. The number of benzene rings is 8. The molecule has 2 aromatic heterocycles. The molecular formula is C53H38Ag2O2P2+2. The molecule has 8 aromatic carbocycles. The van der Waals surface area contributed by atoms with Gasteiger partial charge in [0.2, 0.25) is 0 Å². The number of fused-ring (bicyclic) bond motifs is 6. The largest absolute Gasteiger partial charge is 1.00 e. The van der Waals surface area contributed by atoms with Gasteiger partial charge in [-0.2, -0.15) is 0 Å². The third kappa shape index (κ3) is 10.3. The minimum atomic E-state index is -0.847. The van der Waals surface area contributed by atoms with E-state index in [4.69, 9.17) is 21.7 Å². The minimum Gasteiger partial charge on any atom is -0.458 e. The molecule has 0 aliphatic heterocycles. The molecule has 10 rings (SSSR count). The van der Waals surface area contributed by atoms with Crippen molar-refractivity contribution in [1.29, 1.82) is 0 Å². The normalized spacial score (nSPS) is 10.4. The Morgan fingerprint density at radius 1 is 0.339 bits per heavy atom. The summed E-state index contributed by atoms with van der Waals surface area (Å²) in [5.74, 6) is 5.98. The van der Waals surface area contributed by atoms with Crippen molar-refractivity contribution >= 4 is 80.9 Å². The maximum atomic E-state index is 7.10. The molecule has 0 fully saturated rings. The van der Waals surface area contributed by atoms with Crippen LogP contribution in [-0.4, -0.2) is 5.90 Å².